The molecule has 3 unspecified atom stereocenters. The van der Waals surface area contributed by atoms with E-state index in [0.29, 0.717) is 20.5 Å². The predicted octanol–water partition coefficient (Wildman–Crippen LogP) is 4.94. The molecular weight excluding hydrogens is 565 g/mol. The number of alkyl halides is 3. The number of thioether (sulfide) groups is 1. The lowest BCUT2D eigenvalue weighted by Gasteiger charge is -2.30. The zero-order valence-electron chi connectivity index (χ0n) is 19.5. The SMILES string of the molecule is CCOC(=O)Cn1c2c(sc1=O)C(c1ccc(Cl)cc1)C1C(=O)N(c3cccc(C(F)(F)F)c3)C(=O)C1S2. The summed E-state index contributed by atoms with van der Waals surface area (Å²) >= 11 is 7.87. The highest BCUT2D eigenvalue weighted by Gasteiger charge is 2.57. The summed E-state index contributed by atoms with van der Waals surface area (Å²) in [6, 6.07) is 10.6. The Labute approximate surface area is 227 Å². The van der Waals surface area contributed by atoms with Crippen LogP contribution < -0.4 is 9.77 Å². The molecule has 5 rings (SSSR count). The topological polar surface area (TPSA) is 85.7 Å². The smallest absolute Gasteiger partial charge is 0.416 e. The van der Waals surface area contributed by atoms with E-state index in [1.165, 1.54) is 10.6 Å². The van der Waals surface area contributed by atoms with Crippen molar-refractivity contribution in [2.24, 2.45) is 5.92 Å². The van der Waals surface area contributed by atoms with E-state index < -0.39 is 51.5 Å². The number of ether oxygens (including phenoxy) is 1. The van der Waals surface area contributed by atoms with Crippen LogP contribution in [0.3, 0.4) is 0 Å². The van der Waals surface area contributed by atoms with Crippen LogP contribution in [0.2, 0.25) is 5.02 Å². The minimum Gasteiger partial charge on any atom is -0.465 e. The molecule has 1 fully saturated rings. The van der Waals surface area contributed by atoms with Crippen LogP contribution in [0, 0.1) is 5.92 Å². The molecule has 0 aliphatic carbocycles. The van der Waals surface area contributed by atoms with E-state index in [1.54, 1.807) is 31.2 Å². The van der Waals surface area contributed by atoms with Crippen molar-refractivity contribution in [2.75, 3.05) is 11.5 Å². The van der Waals surface area contributed by atoms with Crippen molar-refractivity contribution in [3.8, 4) is 0 Å². The van der Waals surface area contributed by atoms with Gasteiger partial charge in [-0.25, -0.2) is 4.90 Å². The monoisotopic (exact) mass is 582 g/mol. The second-order valence-corrected chi connectivity index (χ2v) is 11.1. The van der Waals surface area contributed by atoms with Crippen LogP contribution in [0.15, 0.2) is 58.4 Å². The Hall–Kier alpha value is -3.09. The largest absolute Gasteiger partial charge is 0.465 e. The Morgan fingerprint density at radius 3 is 2.45 bits per heavy atom. The molecule has 0 bridgehead atoms. The van der Waals surface area contributed by atoms with E-state index in [2.05, 4.69) is 0 Å². The number of carbonyl (C=O) groups is 3. The van der Waals surface area contributed by atoms with Crippen molar-refractivity contribution >= 4 is 58.2 Å². The number of carbonyl (C=O) groups excluding carboxylic acids is 3. The first kappa shape index (κ1) is 26.5. The van der Waals surface area contributed by atoms with E-state index in [1.807, 2.05) is 0 Å². The number of hydrogen-bond donors (Lipinski definition) is 0. The zero-order chi connectivity index (χ0) is 27.4. The molecule has 13 heteroatoms. The third kappa shape index (κ3) is 4.54. The van der Waals surface area contributed by atoms with Crippen LogP contribution in [-0.4, -0.2) is 34.2 Å². The van der Waals surface area contributed by atoms with Crippen molar-refractivity contribution in [1.29, 1.82) is 0 Å². The van der Waals surface area contributed by atoms with Crippen LogP contribution in [0.25, 0.3) is 0 Å². The average molecular weight is 583 g/mol. The number of fused-ring (bicyclic) bond motifs is 2. The van der Waals surface area contributed by atoms with Gasteiger partial charge in [0.25, 0.3) is 0 Å². The Morgan fingerprint density at radius 2 is 1.79 bits per heavy atom. The number of esters is 1. The number of rotatable bonds is 5. The first-order valence-electron chi connectivity index (χ1n) is 11.4. The van der Waals surface area contributed by atoms with Crippen molar-refractivity contribution < 1.29 is 32.3 Å². The molecule has 3 atom stereocenters. The van der Waals surface area contributed by atoms with E-state index in [9.17, 15) is 32.3 Å². The molecular formula is C25H18ClF3N2O5S2. The number of hydrogen-bond acceptors (Lipinski definition) is 7. The van der Waals surface area contributed by atoms with Crippen molar-refractivity contribution in [3.05, 3.63) is 79.2 Å². The quantitative estimate of drug-likeness (QED) is 0.313. The second-order valence-electron chi connectivity index (χ2n) is 8.58. The Bertz CT molecular complexity index is 1500. The molecule has 198 valence electrons. The fraction of sp³-hybridized carbons (Fsp3) is 0.280. The number of amides is 2. The molecule has 1 aromatic heterocycles. The van der Waals surface area contributed by atoms with Gasteiger partial charge < -0.3 is 4.74 Å². The van der Waals surface area contributed by atoms with Crippen LogP contribution in [0.4, 0.5) is 18.9 Å². The van der Waals surface area contributed by atoms with Crippen molar-refractivity contribution in [3.63, 3.8) is 0 Å². The first-order chi connectivity index (χ1) is 18.0. The summed E-state index contributed by atoms with van der Waals surface area (Å²) in [6.07, 6.45) is -4.66. The molecule has 0 radical (unpaired) electrons. The normalized spacial score (nSPS) is 20.9. The third-order valence-electron chi connectivity index (χ3n) is 6.30. The van der Waals surface area contributed by atoms with Crippen LogP contribution in [0.5, 0.6) is 0 Å². The van der Waals surface area contributed by atoms with E-state index >= 15 is 0 Å². The molecule has 3 heterocycles. The molecule has 1 saturated heterocycles. The van der Waals surface area contributed by atoms with Gasteiger partial charge >= 0.3 is 17.0 Å². The number of imide groups is 1. The molecule has 38 heavy (non-hydrogen) atoms. The number of benzene rings is 2. The second kappa shape index (κ2) is 9.90. The maximum atomic E-state index is 13.8. The lowest BCUT2D eigenvalue weighted by molar-refractivity contribution is -0.144. The van der Waals surface area contributed by atoms with Gasteiger partial charge in [0.05, 0.1) is 28.8 Å². The molecule has 0 N–H and O–H groups in total. The molecule has 2 aromatic carbocycles. The Morgan fingerprint density at radius 1 is 1.08 bits per heavy atom. The molecule has 2 amide bonds. The lowest BCUT2D eigenvalue weighted by Crippen LogP contribution is -2.32. The highest BCUT2D eigenvalue weighted by Crippen LogP contribution is 2.54. The van der Waals surface area contributed by atoms with Gasteiger partial charge in [0, 0.05) is 15.8 Å². The number of halogens is 4. The summed E-state index contributed by atoms with van der Waals surface area (Å²) in [4.78, 5) is 53.3. The van der Waals surface area contributed by atoms with Crippen LogP contribution >= 0.6 is 34.7 Å². The molecule has 0 spiro atoms. The number of aromatic nitrogens is 1. The van der Waals surface area contributed by atoms with Crippen LogP contribution in [-0.2, 0) is 31.8 Å². The van der Waals surface area contributed by atoms with E-state index in [4.69, 9.17) is 16.3 Å². The van der Waals surface area contributed by atoms with Gasteiger partial charge in [-0.3, -0.25) is 23.7 Å². The van der Waals surface area contributed by atoms with Gasteiger partial charge in [0.2, 0.25) is 11.8 Å². The van der Waals surface area contributed by atoms with Gasteiger partial charge in [-0.15, -0.1) is 0 Å². The summed E-state index contributed by atoms with van der Waals surface area (Å²) < 4.78 is 46.3. The molecule has 7 nitrogen and oxygen atoms in total. The van der Waals surface area contributed by atoms with Gasteiger partial charge in [-0.2, -0.15) is 13.2 Å². The first-order valence-corrected chi connectivity index (χ1v) is 13.4. The zero-order valence-corrected chi connectivity index (χ0v) is 21.9. The standard InChI is InChI=1S/C25H18ClF3N2O5S2/c1-2-36-16(32)11-30-23-20(38-24(30)35)17(12-6-8-14(26)9-7-12)18-19(37-23)22(34)31(21(18)33)15-5-3-4-13(10-15)25(27,28)29/h3-10,17-19H,2,11H2,1H3. The molecule has 0 saturated carbocycles. The minimum absolute atomic E-state index is 0.115. The van der Waals surface area contributed by atoms with Gasteiger partial charge in [-0.05, 0) is 42.8 Å². The third-order valence-corrected chi connectivity index (χ3v) is 9.16. The van der Waals surface area contributed by atoms with Gasteiger partial charge in [-0.1, -0.05) is 52.9 Å². The van der Waals surface area contributed by atoms with Gasteiger partial charge in [0.15, 0.2) is 0 Å². The maximum absolute atomic E-state index is 13.8. The summed E-state index contributed by atoms with van der Waals surface area (Å²) in [5.41, 5.74) is -0.579. The Balaban J connectivity index is 1.63. The summed E-state index contributed by atoms with van der Waals surface area (Å²) in [7, 11) is 0. The molecule has 2 aliphatic rings. The summed E-state index contributed by atoms with van der Waals surface area (Å²) in [6.45, 7) is 1.37. The lowest BCUT2D eigenvalue weighted by atomic mass is 9.83. The van der Waals surface area contributed by atoms with E-state index in [0.717, 1.165) is 46.2 Å². The van der Waals surface area contributed by atoms with E-state index in [-0.39, 0.29) is 18.8 Å². The fourth-order valence-corrected chi connectivity index (χ4v) is 7.60. The molecule has 2 aliphatic heterocycles. The molecule has 3 aromatic rings. The summed E-state index contributed by atoms with van der Waals surface area (Å²) in [5.74, 6) is -3.77. The highest BCUT2D eigenvalue weighted by atomic mass is 35.5. The highest BCUT2D eigenvalue weighted by molar-refractivity contribution is 8.00. The van der Waals surface area contributed by atoms with Crippen LogP contribution in [0.1, 0.15) is 28.8 Å². The number of thiazole rings is 1. The number of anilines is 1. The average Bonchev–Trinajstić information content (AvgIpc) is 3.30. The van der Waals surface area contributed by atoms with Crippen molar-refractivity contribution in [1.82, 2.24) is 4.57 Å². The van der Waals surface area contributed by atoms with Crippen molar-refractivity contribution in [2.45, 2.75) is 35.8 Å². The van der Waals surface area contributed by atoms with Gasteiger partial charge in [0.1, 0.15) is 11.8 Å². The predicted molar refractivity (Wildman–Crippen MR) is 136 cm³/mol. The fourth-order valence-electron chi connectivity index (χ4n) is 4.70. The number of nitrogens with zero attached hydrogens (tertiary/aromatic N) is 2. The minimum atomic E-state index is -4.66. The maximum Gasteiger partial charge on any atom is 0.416 e. The Kier molecular flexibility index (Phi) is 6.91. The summed E-state index contributed by atoms with van der Waals surface area (Å²) in [5, 5.41) is -0.253.